The van der Waals surface area contributed by atoms with Crippen LogP contribution in [0.4, 0.5) is 5.95 Å². The molecule has 2 aromatic rings. The first-order chi connectivity index (χ1) is 12.2. The molecule has 0 saturated carbocycles. The third kappa shape index (κ3) is 4.46. The van der Waals surface area contributed by atoms with Crippen molar-refractivity contribution in [2.45, 2.75) is 45.4 Å². The Kier molecular flexibility index (Phi) is 5.83. The summed E-state index contributed by atoms with van der Waals surface area (Å²) < 4.78 is 11.7. The molecule has 6 nitrogen and oxygen atoms in total. The highest BCUT2D eigenvalue weighted by Gasteiger charge is 2.28. The maximum absolute atomic E-state index is 9.14. The molecular formula is C19H25N3O3. The Bertz CT molecular complexity index is 691. The van der Waals surface area contributed by atoms with Crippen molar-refractivity contribution in [3.63, 3.8) is 0 Å². The number of aliphatic hydroxyl groups is 1. The first kappa shape index (κ1) is 17.6. The minimum absolute atomic E-state index is 0.0151. The summed E-state index contributed by atoms with van der Waals surface area (Å²) in [5.41, 5.74) is 3.02. The Morgan fingerprint density at radius 2 is 2.12 bits per heavy atom. The van der Waals surface area contributed by atoms with Gasteiger partial charge in [0, 0.05) is 18.3 Å². The van der Waals surface area contributed by atoms with Gasteiger partial charge in [0.25, 0.3) is 0 Å². The highest BCUT2D eigenvalue weighted by atomic mass is 16.5. The summed E-state index contributed by atoms with van der Waals surface area (Å²) >= 11 is 0. The van der Waals surface area contributed by atoms with Gasteiger partial charge in [-0.2, -0.15) is 0 Å². The van der Waals surface area contributed by atoms with Gasteiger partial charge < -0.3 is 19.9 Å². The molecular weight excluding hydrogens is 318 g/mol. The summed E-state index contributed by atoms with van der Waals surface area (Å²) in [5.74, 6) is 1.40. The van der Waals surface area contributed by atoms with E-state index in [1.807, 2.05) is 37.4 Å². The van der Waals surface area contributed by atoms with Crippen LogP contribution in [0.25, 0.3) is 0 Å². The SMILES string of the molecule is CCc1nc(N[C@H]2COCC[C@@H]2Oc2ccc(CO)cc2)ncc1C. The second-order valence-corrected chi connectivity index (χ2v) is 6.25. The molecule has 1 aromatic heterocycles. The Balaban J connectivity index is 1.69. The van der Waals surface area contributed by atoms with Gasteiger partial charge in [0.1, 0.15) is 11.9 Å². The Hall–Kier alpha value is -2.18. The number of aliphatic hydroxyl groups excluding tert-OH is 1. The van der Waals surface area contributed by atoms with Crippen molar-refractivity contribution in [3.05, 3.63) is 47.3 Å². The van der Waals surface area contributed by atoms with Crippen LogP contribution in [0.3, 0.4) is 0 Å². The van der Waals surface area contributed by atoms with Gasteiger partial charge in [0.2, 0.25) is 5.95 Å². The molecule has 0 aliphatic carbocycles. The maximum atomic E-state index is 9.14. The number of nitrogens with zero attached hydrogens (tertiary/aromatic N) is 2. The van der Waals surface area contributed by atoms with E-state index >= 15 is 0 Å². The molecule has 0 unspecified atom stereocenters. The molecule has 134 valence electrons. The average molecular weight is 343 g/mol. The van der Waals surface area contributed by atoms with Crippen LogP contribution in [-0.2, 0) is 17.8 Å². The molecule has 1 fully saturated rings. The molecule has 1 aliphatic rings. The standard InChI is InChI=1S/C19H25N3O3/c1-3-16-13(2)10-20-19(21-16)22-17-12-24-9-8-18(17)25-15-6-4-14(11-23)5-7-15/h4-7,10,17-18,23H,3,8-9,11-12H2,1-2H3,(H,20,21,22)/t17-,18-/m0/s1. The molecule has 3 rings (SSSR count). The monoisotopic (exact) mass is 343 g/mol. The predicted molar refractivity (Wildman–Crippen MR) is 95.8 cm³/mol. The summed E-state index contributed by atoms with van der Waals surface area (Å²) in [6, 6.07) is 7.49. The smallest absolute Gasteiger partial charge is 0.223 e. The van der Waals surface area contributed by atoms with E-state index in [1.165, 1.54) is 0 Å². The average Bonchev–Trinajstić information content (AvgIpc) is 2.65. The molecule has 2 atom stereocenters. The highest BCUT2D eigenvalue weighted by Crippen LogP contribution is 2.21. The van der Waals surface area contributed by atoms with Gasteiger partial charge in [0.05, 0.1) is 25.9 Å². The minimum Gasteiger partial charge on any atom is -0.488 e. The van der Waals surface area contributed by atoms with Crippen molar-refractivity contribution in [2.75, 3.05) is 18.5 Å². The summed E-state index contributed by atoms with van der Waals surface area (Å²) in [7, 11) is 0. The first-order valence-corrected chi connectivity index (χ1v) is 8.73. The fourth-order valence-corrected chi connectivity index (χ4v) is 2.91. The Labute approximate surface area is 148 Å². The number of anilines is 1. The van der Waals surface area contributed by atoms with Crippen LogP contribution in [0.5, 0.6) is 5.75 Å². The predicted octanol–water partition coefficient (Wildman–Crippen LogP) is 2.49. The molecule has 6 heteroatoms. The van der Waals surface area contributed by atoms with Crippen LogP contribution < -0.4 is 10.1 Å². The van der Waals surface area contributed by atoms with Crippen LogP contribution in [0.15, 0.2) is 30.5 Å². The van der Waals surface area contributed by atoms with Crippen molar-refractivity contribution in [2.24, 2.45) is 0 Å². The molecule has 1 saturated heterocycles. The lowest BCUT2D eigenvalue weighted by atomic mass is 10.1. The van der Waals surface area contributed by atoms with Gasteiger partial charge >= 0.3 is 0 Å². The van der Waals surface area contributed by atoms with E-state index in [0.717, 1.165) is 35.4 Å². The lowest BCUT2D eigenvalue weighted by Gasteiger charge is -2.32. The summed E-state index contributed by atoms with van der Waals surface area (Å²) in [6.07, 6.45) is 3.50. The van der Waals surface area contributed by atoms with Crippen LogP contribution in [-0.4, -0.2) is 40.4 Å². The van der Waals surface area contributed by atoms with Crippen molar-refractivity contribution in [1.29, 1.82) is 0 Å². The molecule has 0 amide bonds. The van der Waals surface area contributed by atoms with Gasteiger partial charge in [-0.1, -0.05) is 19.1 Å². The third-order valence-corrected chi connectivity index (χ3v) is 4.41. The second kappa shape index (κ2) is 8.27. The fraction of sp³-hybridized carbons (Fsp3) is 0.474. The third-order valence-electron chi connectivity index (χ3n) is 4.41. The van der Waals surface area contributed by atoms with Gasteiger partial charge in [-0.15, -0.1) is 0 Å². The zero-order chi connectivity index (χ0) is 17.6. The lowest BCUT2D eigenvalue weighted by Crippen LogP contribution is -2.46. The molecule has 0 radical (unpaired) electrons. The van der Waals surface area contributed by atoms with E-state index in [4.69, 9.17) is 14.6 Å². The molecule has 2 N–H and O–H groups in total. The Morgan fingerprint density at radius 3 is 2.84 bits per heavy atom. The fourth-order valence-electron chi connectivity index (χ4n) is 2.91. The van der Waals surface area contributed by atoms with Crippen LogP contribution in [0, 0.1) is 6.92 Å². The van der Waals surface area contributed by atoms with Gasteiger partial charge in [-0.05, 0) is 36.6 Å². The summed E-state index contributed by atoms with van der Waals surface area (Å²) in [4.78, 5) is 8.97. The number of aromatic nitrogens is 2. The van der Waals surface area contributed by atoms with Gasteiger partial charge in [-0.3, -0.25) is 0 Å². The molecule has 2 heterocycles. The second-order valence-electron chi connectivity index (χ2n) is 6.25. The number of aryl methyl sites for hydroxylation is 2. The normalized spacial score (nSPS) is 20.3. The molecule has 0 bridgehead atoms. The number of hydrogen-bond donors (Lipinski definition) is 2. The first-order valence-electron chi connectivity index (χ1n) is 8.73. The van der Waals surface area contributed by atoms with Crippen molar-refractivity contribution < 1.29 is 14.6 Å². The van der Waals surface area contributed by atoms with Crippen molar-refractivity contribution in [1.82, 2.24) is 9.97 Å². The van der Waals surface area contributed by atoms with Gasteiger partial charge in [0.15, 0.2) is 0 Å². The minimum atomic E-state index is -0.0243. The van der Waals surface area contributed by atoms with E-state index in [9.17, 15) is 0 Å². The van der Waals surface area contributed by atoms with E-state index in [2.05, 4.69) is 22.2 Å². The Morgan fingerprint density at radius 1 is 1.32 bits per heavy atom. The van der Waals surface area contributed by atoms with E-state index in [0.29, 0.717) is 19.2 Å². The zero-order valence-electron chi connectivity index (χ0n) is 14.7. The van der Waals surface area contributed by atoms with Crippen molar-refractivity contribution >= 4 is 5.95 Å². The number of rotatable bonds is 6. The number of hydrogen-bond acceptors (Lipinski definition) is 6. The lowest BCUT2D eigenvalue weighted by molar-refractivity contribution is 0.0145. The molecule has 1 aromatic carbocycles. The number of ether oxygens (including phenoxy) is 2. The number of benzene rings is 1. The maximum Gasteiger partial charge on any atom is 0.223 e. The van der Waals surface area contributed by atoms with E-state index in [1.54, 1.807) is 0 Å². The molecule has 25 heavy (non-hydrogen) atoms. The molecule has 0 spiro atoms. The molecule has 1 aliphatic heterocycles. The summed E-state index contributed by atoms with van der Waals surface area (Å²) in [5, 5.41) is 12.5. The van der Waals surface area contributed by atoms with Crippen LogP contribution in [0.1, 0.15) is 30.2 Å². The topological polar surface area (TPSA) is 76.5 Å². The van der Waals surface area contributed by atoms with E-state index in [-0.39, 0.29) is 18.8 Å². The highest BCUT2D eigenvalue weighted by molar-refractivity contribution is 5.32. The van der Waals surface area contributed by atoms with Gasteiger partial charge in [-0.25, -0.2) is 9.97 Å². The quantitative estimate of drug-likeness (QED) is 0.839. The largest absolute Gasteiger partial charge is 0.488 e. The van der Waals surface area contributed by atoms with E-state index < -0.39 is 0 Å². The van der Waals surface area contributed by atoms with Crippen LogP contribution in [0.2, 0.25) is 0 Å². The summed E-state index contributed by atoms with van der Waals surface area (Å²) in [6.45, 7) is 5.37. The zero-order valence-corrected chi connectivity index (χ0v) is 14.7. The van der Waals surface area contributed by atoms with Crippen molar-refractivity contribution in [3.8, 4) is 5.75 Å². The number of nitrogens with one attached hydrogen (secondary N) is 1. The van der Waals surface area contributed by atoms with Crippen LogP contribution >= 0.6 is 0 Å².